The molecule has 0 saturated heterocycles. The van der Waals surface area contributed by atoms with E-state index in [0.29, 0.717) is 5.56 Å². The molecule has 1 atom stereocenters. The van der Waals surface area contributed by atoms with E-state index in [9.17, 15) is 4.79 Å². The zero-order valence-electron chi connectivity index (χ0n) is 15.7. The molecule has 28 heavy (non-hydrogen) atoms. The third-order valence-electron chi connectivity index (χ3n) is 4.84. The van der Waals surface area contributed by atoms with E-state index in [-0.39, 0.29) is 11.9 Å². The topological polar surface area (TPSA) is 54.9 Å². The summed E-state index contributed by atoms with van der Waals surface area (Å²) in [6.45, 7) is 2.07. The van der Waals surface area contributed by atoms with Gasteiger partial charge in [0.05, 0.1) is 22.8 Å². The number of amides is 1. The summed E-state index contributed by atoms with van der Waals surface area (Å²) in [4.78, 5) is 22.1. The summed E-state index contributed by atoms with van der Waals surface area (Å²) in [6.07, 6.45) is 4.21. The number of carbonyl (C=O) groups is 1. The second kappa shape index (κ2) is 8.01. The van der Waals surface area contributed by atoms with Crippen molar-refractivity contribution < 1.29 is 4.79 Å². The van der Waals surface area contributed by atoms with Gasteiger partial charge in [0.2, 0.25) is 0 Å². The molecule has 0 aliphatic rings. The molecule has 4 rings (SSSR count). The fourth-order valence-corrected chi connectivity index (χ4v) is 3.36. The van der Waals surface area contributed by atoms with Gasteiger partial charge < -0.3 is 5.32 Å². The van der Waals surface area contributed by atoms with Crippen LogP contribution in [0.4, 0.5) is 0 Å². The molecule has 2 aromatic heterocycles. The smallest absolute Gasteiger partial charge is 0.252 e. The van der Waals surface area contributed by atoms with Crippen LogP contribution in [0.1, 0.15) is 35.3 Å². The molecule has 2 aromatic carbocycles. The van der Waals surface area contributed by atoms with Crippen LogP contribution in [0.25, 0.3) is 22.2 Å². The first-order valence-electron chi connectivity index (χ1n) is 9.42. The van der Waals surface area contributed by atoms with Crippen LogP contribution in [0.3, 0.4) is 0 Å². The summed E-state index contributed by atoms with van der Waals surface area (Å²) in [5, 5.41) is 3.93. The highest BCUT2D eigenvalue weighted by Gasteiger charge is 2.18. The maximum absolute atomic E-state index is 13.2. The Morgan fingerprint density at radius 2 is 1.71 bits per heavy atom. The van der Waals surface area contributed by atoms with Crippen molar-refractivity contribution in [1.82, 2.24) is 15.3 Å². The zero-order valence-corrected chi connectivity index (χ0v) is 15.7. The van der Waals surface area contributed by atoms with Crippen LogP contribution in [-0.2, 0) is 0 Å². The number of rotatable bonds is 5. The number of hydrogen-bond donors (Lipinski definition) is 1. The molecule has 4 aromatic rings. The van der Waals surface area contributed by atoms with E-state index in [2.05, 4.69) is 17.2 Å². The molecule has 0 unspecified atom stereocenters. The minimum absolute atomic E-state index is 0.0474. The van der Waals surface area contributed by atoms with Crippen molar-refractivity contribution in [3.8, 4) is 11.3 Å². The number of hydrogen-bond acceptors (Lipinski definition) is 3. The average molecular weight is 367 g/mol. The van der Waals surface area contributed by atoms with Crippen molar-refractivity contribution in [3.05, 3.63) is 96.3 Å². The summed E-state index contributed by atoms with van der Waals surface area (Å²) >= 11 is 0. The Kier molecular flexibility index (Phi) is 5.11. The summed E-state index contributed by atoms with van der Waals surface area (Å²) < 4.78 is 0. The lowest BCUT2D eigenvalue weighted by molar-refractivity contribution is 0.0937. The van der Waals surface area contributed by atoms with Crippen molar-refractivity contribution in [2.45, 2.75) is 19.4 Å². The number of nitrogens with zero attached hydrogens (tertiary/aromatic N) is 2. The molecule has 0 aliphatic carbocycles. The molecule has 1 N–H and O–H groups in total. The number of pyridine rings is 2. The van der Waals surface area contributed by atoms with Crippen LogP contribution in [0.2, 0.25) is 0 Å². The predicted octanol–water partition coefficient (Wildman–Crippen LogP) is 5.18. The lowest BCUT2D eigenvalue weighted by atomic mass is 10.0. The van der Waals surface area contributed by atoms with Gasteiger partial charge in [-0.25, -0.2) is 4.98 Å². The third kappa shape index (κ3) is 3.62. The lowest BCUT2D eigenvalue weighted by Gasteiger charge is -2.18. The van der Waals surface area contributed by atoms with Gasteiger partial charge in [0.15, 0.2) is 0 Å². The monoisotopic (exact) mass is 367 g/mol. The highest BCUT2D eigenvalue weighted by atomic mass is 16.1. The number of benzene rings is 2. The van der Waals surface area contributed by atoms with Crippen molar-refractivity contribution in [2.24, 2.45) is 0 Å². The Balaban J connectivity index is 1.75. The van der Waals surface area contributed by atoms with Crippen molar-refractivity contribution in [1.29, 1.82) is 0 Å². The van der Waals surface area contributed by atoms with E-state index in [1.807, 2.05) is 72.8 Å². The van der Waals surface area contributed by atoms with Crippen LogP contribution >= 0.6 is 0 Å². The van der Waals surface area contributed by atoms with Gasteiger partial charge in [-0.15, -0.1) is 0 Å². The van der Waals surface area contributed by atoms with Crippen LogP contribution in [0.15, 0.2) is 85.2 Å². The predicted molar refractivity (Wildman–Crippen MR) is 112 cm³/mol. The van der Waals surface area contributed by atoms with Gasteiger partial charge >= 0.3 is 0 Å². The maximum atomic E-state index is 13.2. The average Bonchev–Trinajstić information content (AvgIpc) is 2.77. The first kappa shape index (κ1) is 17.9. The summed E-state index contributed by atoms with van der Waals surface area (Å²) in [7, 11) is 0. The van der Waals surface area contributed by atoms with E-state index in [1.54, 1.807) is 12.4 Å². The van der Waals surface area contributed by atoms with Crippen molar-refractivity contribution in [3.63, 3.8) is 0 Å². The fourth-order valence-electron chi connectivity index (χ4n) is 3.36. The van der Waals surface area contributed by atoms with Gasteiger partial charge in [0, 0.05) is 23.3 Å². The Labute approximate surface area is 164 Å². The number of aromatic nitrogens is 2. The van der Waals surface area contributed by atoms with Gasteiger partial charge in [-0.3, -0.25) is 9.78 Å². The SMILES string of the molecule is CC[C@H](NC(=O)c1cc(-c2ccccc2)nc2ccncc12)c1ccccc1. The minimum atomic E-state index is -0.117. The second-order valence-corrected chi connectivity index (χ2v) is 6.66. The molecule has 0 fully saturated rings. The molecule has 0 radical (unpaired) electrons. The quantitative estimate of drug-likeness (QED) is 0.529. The van der Waals surface area contributed by atoms with E-state index in [1.165, 1.54) is 0 Å². The minimum Gasteiger partial charge on any atom is -0.345 e. The molecule has 138 valence electrons. The second-order valence-electron chi connectivity index (χ2n) is 6.66. The van der Waals surface area contributed by atoms with Gasteiger partial charge in [-0.1, -0.05) is 67.6 Å². The number of nitrogens with one attached hydrogen (secondary N) is 1. The van der Waals surface area contributed by atoms with Crippen LogP contribution in [0.5, 0.6) is 0 Å². The molecule has 0 spiro atoms. The molecule has 4 nitrogen and oxygen atoms in total. The van der Waals surface area contributed by atoms with Gasteiger partial charge in [-0.2, -0.15) is 0 Å². The summed E-state index contributed by atoms with van der Waals surface area (Å²) in [6, 6.07) is 23.6. The Bertz CT molecular complexity index is 1090. The van der Waals surface area contributed by atoms with Crippen LogP contribution in [-0.4, -0.2) is 15.9 Å². The third-order valence-corrected chi connectivity index (χ3v) is 4.84. The Hall–Kier alpha value is -3.53. The molecule has 0 bridgehead atoms. The normalized spacial score (nSPS) is 11.9. The Morgan fingerprint density at radius 1 is 1.00 bits per heavy atom. The van der Waals surface area contributed by atoms with Crippen molar-refractivity contribution in [2.75, 3.05) is 0 Å². The first-order valence-corrected chi connectivity index (χ1v) is 9.42. The van der Waals surface area contributed by atoms with Gasteiger partial charge in [-0.05, 0) is 24.1 Å². The molecule has 2 heterocycles. The highest BCUT2D eigenvalue weighted by Crippen LogP contribution is 2.25. The zero-order chi connectivity index (χ0) is 19.3. The molecular weight excluding hydrogens is 346 g/mol. The number of carbonyl (C=O) groups excluding carboxylic acids is 1. The molecule has 0 aliphatic heterocycles. The largest absolute Gasteiger partial charge is 0.345 e. The van der Waals surface area contributed by atoms with E-state index < -0.39 is 0 Å². The molecular formula is C24H21N3O. The van der Waals surface area contributed by atoms with Crippen molar-refractivity contribution >= 4 is 16.8 Å². The summed E-state index contributed by atoms with van der Waals surface area (Å²) in [5.74, 6) is -0.117. The Morgan fingerprint density at radius 3 is 2.43 bits per heavy atom. The molecule has 4 heteroatoms. The standard InChI is InChI=1S/C24H21N3O/c1-2-21(17-9-5-3-6-10-17)27-24(28)19-15-23(18-11-7-4-8-12-18)26-22-13-14-25-16-20(19)22/h3-16,21H,2H2,1H3,(H,27,28)/t21-/m0/s1. The van der Waals surface area contributed by atoms with E-state index in [4.69, 9.17) is 4.98 Å². The van der Waals surface area contributed by atoms with Gasteiger partial charge in [0.25, 0.3) is 5.91 Å². The van der Waals surface area contributed by atoms with E-state index in [0.717, 1.165) is 34.1 Å². The lowest BCUT2D eigenvalue weighted by Crippen LogP contribution is -2.28. The highest BCUT2D eigenvalue weighted by molar-refractivity contribution is 6.07. The van der Waals surface area contributed by atoms with Gasteiger partial charge in [0.1, 0.15) is 0 Å². The van der Waals surface area contributed by atoms with E-state index >= 15 is 0 Å². The first-order chi connectivity index (χ1) is 13.8. The molecule has 0 saturated carbocycles. The molecule has 1 amide bonds. The maximum Gasteiger partial charge on any atom is 0.252 e. The number of fused-ring (bicyclic) bond motifs is 1. The summed E-state index contributed by atoms with van der Waals surface area (Å²) in [5.41, 5.74) is 4.20. The fraction of sp³-hybridized carbons (Fsp3) is 0.125. The van der Waals surface area contributed by atoms with Crippen LogP contribution in [0, 0.1) is 0 Å². The van der Waals surface area contributed by atoms with Crippen LogP contribution < -0.4 is 5.32 Å².